The van der Waals surface area contributed by atoms with Crippen molar-refractivity contribution in [3.8, 4) is 0 Å². The maximum atomic E-state index is 12.6. The molecule has 1 amide bonds. The Balaban J connectivity index is 0.00000144. The van der Waals surface area contributed by atoms with Gasteiger partial charge in [-0.1, -0.05) is 19.3 Å². The molecule has 3 saturated carbocycles. The van der Waals surface area contributed by atoms with Gasteiger partial charge in [-0.15, -0.1) is 24.8 Å². The summed E-state index contributed by atoms with van der Waals surface area (Å²) in [5.41, 5.74) is 6.30. The van der Waals surface area contributed by atoms with Crippen molar-refractivity contribution in [1.82, 2.24) is 10.2 Å². The molecule has 24 heavy (non-hydrogen) atoms. The fraction of sp³-hybridized carbons (Fsp3) is 0.944. The minimum atomic E-state index is 0. The van der Waals surface area contributed by atoms with Gasteiger partial charge in [0.15, 0.2) is 0 Å². The van der Waals surface area contributed by atoms with Crippen molar-refractivity contribution >= 4 is 30.7 Å². The number of nitrogens with one attached hydrogen (secondary N) is 1. The van der Waals surface area contributed by atoms with Crippen LogP contribution in [-0.2, 0) is 4.79 Å². The molecule has 142 valence electrons. The van der Waals surface area contributed by atoms with Gasteiger partial charge >= 0.3 is 0 Å². The summed E-state index contributed by atoms with van der Waals surface area (Å²) in [6, 6.07) is 0.574. The summed E-state index contributed by atoms with van der Waals surface area (Å²) >= 11 is 0. The first-order valence-electron chi connectivity index (χ1n) is 9.27. The average molecular weight is 380 g/mol. The molecule has 3 fully saturated rings. The van der Waals surface area contributed by atoms with Crippen LogP contribution in [0, 0.1) is 23.7 Å². The van der Waals surface area contributed by atoms with Crippen LogP contribution in [0.4, 0.5) is 0 Å². The van der Waals surface area contributed by atoms with Crippen molar-refractivity contribution in [3.05, 3.63) is 0 Å². The highest BCUT2D eigenvalue weighted by Crippen LogP contribution is 2.47. The number of hydrogen-bond donors (Lipinski definition) is 2. The molecule has 0 heterocycles. The van der Waals surface area contributed by atoms with Crippen LogP contribution in [0.2, 0.25) is 0 Å². The van der Waals surface area contributed by atoms with E-state index in [9.17, 15) is 4.79 Å². The average Bonchev–Trinajstić information content (AvgIpc) is 3.09. The minimum absolute atomic E-state index is 0. The first-order valence-corrected chi connectivity index (χ1v) is 9.27. The van der Waals surface area contributed by atoms with Crippen LogP contribution in [-0.4, -0.2) is 43.5 Å². The van der Waals surface area contributed by atoms with Crippen LogP contribution in [0.15, 0.2) is 0 Å². The van der Waals surface area contributed by atoms with Crippen molar-refractivity contribution in [2.75, 3.05) is 20.6 Å². The van der Waals surface area contributed by atoms with E-state index in [0.717, 1.165) is 12.5 Å². The molecule has 5 unspecified atom stereocenters. The molecule has 3 N–H and O–H groups in total. The SMILES string of the molecule is CN(C)C(CNC(=O)C1C2CCC(C2)C1N)C1CCCCC1.Cl.Cl. The van der Waals surface area contributed by atoms with E-state index in [-0.39, 0.29) is 42.7 Å². The van der Waals surface area contributed by atoms with Gasteiger partial charge in [-0.25, -0.2) is 0 Å². The Morgan fingerprint density at radius 3 is 2.25 bits per heavy atom. The van der Waals surface area contributed by atoms with Gasteiger partial charge in [-0.05, 0) is 64.0 Å². The molecule has 0 aliphatic heterocycles. The number of rotatable bonds is 5. The number of nitrogens with two attached hydrogens (primary N) is 1. The third kappa shape index (κ3) is 4.57. The molecule has 3 rings (SSSR count). The largest absolute Gasteiger partial charge is 0.354 e. The van der Waals surface area contributed by atoms with Crippen molar-refractivity contribution in [3.63, 3.8) is 0 Å². The van der Waals surface area contributed by atoms with E-state index in [1.165, 1.54) is 51.4 Å². The van der Waals surface area contributed by atoms with E-state index in [2.05, 4.69) is 24.3 Å². The number of carbonyl (C=O) groups excluding carboxylic acids is 1. The topological polar surface area (TPSA) is 58.4 Å². The van der Waals surface area contributed by atoms with Gasteiger partial charge in [0.1, 0.15) is 0 Å². The second-order valence-electron chi connectivity index (χ2n) is 8.11. The molecule has 3 aliphatic carbocycles. The molecule has 0 aromatic rings. The lowest BCUT2D eigenvalue weighted by Crippen LogP contribution is -2.50. The van der Waals surface area contributed by atoms with Crippen LogP contribution in [0.25, 0.3) is 0 Å². The summed E-state index contributed by atoms with van der Waals surface area (Å²) < 4.78 is 0. The third-order valence-electron chi connectivity index (χ3n) is 6.63. The van der Waals surface area contributed by atoms with Crippen molar-refractivity contribution in [1.29, 1.82) is 0 Å². The molecule has 2 bridgehead atoms. The molecule has 4 nitrogen and oxygen atoms in total. The van der Waals surface area contributed by atoms with E-state index < -0.39 is 0 Å². The Morgan fingerprint density at radius 2 is 1.71 bits per heavy atom. The molecule has 0 aromatic carbocycles. The van der Waals surface area contributed by atoms with E-state index >= 15 is 0 Å². The molecule has 0 aromatic heterocycles. The van der Waals surface area contributed by atoms with E-state index in [1.54, 1.807) is 0 Å². The van der Waals surface area contributed by atoms with Crippen LogP contribution in [0.5, 0.6) is 0 Å². The summed E-state index contributed by atoms with van der Waals surface area (Å²) in [5, 5.41) is 3.26. The third-order valence-corrected chi connectivity index (χ3v) is 6.63. The lowest BCUT2D eigenvalue weighted by molar-refractivity contribution is -0.127. The van der Waals surface area contributed by atoms with Crippen LogP contribution >= 0.6 is 24.8 Å². The molecule has 0 radical (unpaired) electrons. The second-order valence-corrected chi connectivity index (χ2v) is 8.11. The second kappa shape index (κ2) is 9.61. The smallest absolute Gasteiger partial charge is 0.225 e. The molecular weight excluding hydrogens is 345 g/mol. The summed E-state index contributed by atoms with van der Waals surface area (Å²) in [5.74, 6) is 2.18. The number of hydrogen-bond acceptors (Lipinski definition) is 3. The van der Waals surface area contributed by atoms with Gasteiger partial charge in [0.2, 0.25) is 5.91 Å². The maximum Gasteiger partial charge on any atom is 0.225 e. The van der Waals surface area contributed by atoms with E-state index in [4.69, 9.17) is 5.73 Å². The zero-order valence-electron chi connectivity index (χ0n) is 15.1. The zero-order chi connectivity index (χ0) is 15.7. The highest BCUT2D eigenvalue weighted by atomic mass is 35.5. The molecule has 5 atom stereocenters. The number of fused-ring (bicyclic) bond motifs is 2. The Hall–Kier alpha value is -0.0300. The number of nitrogens with zero attached hydrogens (tertiary/aromatic N) is 1. The molecule has 0 spiro atoms. The molecule has 0 saturated heterocycles. The Bertz CT molecular complexity index is 400. The Morgan fingerprint density at radius 1 is 1.08 bits per heavy atom. The number of halogens is 2. The molecule has 3 aliphatic rings. The zero-order valence-corrected chi connectivity index (χ0v) is 16.7. The van der Waals surface area contributed by atoms with Gasteiger partial charge in [0.25, 0.3) is 0 Å². The lowest BCUT2D eigenvalue weighted by atomic mass is 9.82. The summed E-state index contributed by atoms with van der Waals surface area (Å²) in [7, 11) is 4.30. The van der Waals surface area contributed by atoms with Crippen LogP contribution < -0.4 is 11.1 Å². The van der Waals surface area contributed by atoms with Gasteiger partial charge in [0.05, 0.1) is 5.92 Å². The first kappa shape index (κ1) is 22.0. The highest BCUT2D eigenvalue weighted by Gasteiger charge is 2.49. The number of carbonyl (C=O) groups is 1. The van der Waals surface area contributed by atoms with E-state index in [0.29, 0.717) is 17.9 Å². The van der Waals surface area contributed by atoms with Gasteiger partial charge < -0.3 is 16.0 Å². The standard InChI is InChI=1S/C18H33N3O.2ClH/c1-21(2)15(12-6-4-3-5-7-12)11-20-18(22)16-13-8-9-14(10-13)17(16)19;;/h12-17H,3-11,19H2,1-2H3,(H,20,22);2*1H. The van der Waals surface area contributed by atoms with Crippen molar-refractivity contribution in [2.45, 2.75) is 63.5 Å². The molecule has 6 heteroatoms. The van der Waals surface area contributed by atoms with Crippen LogP contribution in [0.3, 0.4) is 0 Å². The predicted molar refractivity (Wildman–Crippen MR) is 104 cm³/mol. The normalized spacial score (nSPS) is 33.7. The monoisotopic (exact) mass is 379 g/mol. The number of amides is 1. The van der Waals surface area contributed by atoms with Crippen molar-refractivity contribution < 1.29 is 4.79 Å². The van der Waals surface area contributed by atoms with Gasteiger partial charge in [0, 0.05) is 18.6 Å². The van der Waals surface area contributed by atoms with Gasteiger partial charge in [-0.2, -0.15) is 0 Å². The molecular formula is C18H35Cl2N3O. The van der Waals surface area contributed by atoms with Gasteiger partial charge in [-0.3, -0.25) is 4.79 Å². The quantitative estimate of drug-likeness (QED) is 0.771. The fourth-order valence-corrected chi connectivity index (χ4v) is 5.34. The van der Waals surface area contributed by atoms with Crippen LogP contribution in [0.1, 0.15) is 51.4 Å². The lowest BCUT2D eigenvalue weighted by Gasteiger charge is -2.35. The summed E-state index contributed by atoms with van der Waals surface area (Å²) in [4.78, 5) is 14.9. The minimum Gasteiger partial charge on any atom is -0.354 e. The number of likely N-dealkylation sites (N-methyl/N-ethyl adjacent to an activating group) is 1. The Labute approximate surface area is 159 Å². The summed E-state index contributed by atoms with van der Waals surface area (Å²) in [6.45, 7) is 0.789. The first-order chi connectivity index (χ1) is 10.6. The van der Waals surface area contributed by atoms with Crippen molar-refractivity contribution in [2.24, 2.45) is 29.4 Å². The Kier molecular flexibility index (Phi) is 8.81. The maximum absolute atomic E-state index is 12.6. The summed E-state index contributed by atoms with van der Waals surface area (Å²) in [6.07, 6.45) is 10.3. The van der Waals surface area contributed by atoms with E-state index in [1.807, 2.05) is 0 Å². The highest BCUT2D eigenvalue weighted by molar-refractivity contribution is 5.85. The predicted octanol–water partition coefficient (Wildman–Crippen LogP) is 2.83. The fourth-order valence-electron chi connectivity index (χ4n) is 5.34.